The third-order valence-electron chi connectivity index (χ3n) is 3.83. The maximum Gasteiger partial charge on any atom is 0.276 e. The summed E-state index contributed by atoms with van der Waals surface area (Å²) in [6.07, 6.45) is 5.17. The molecule has 1 aromatic carbocycles. The molecule has 0 spiro atoms. The minimum absolute atomic E-state index is 0.121. The van der Waals surface area contributed by atoms with Crippen molar-refractivity contribution in [3.63, 3.8) is 0 Å². The largest absolute Gasteiger partial charge is 0.339 e. The van der Waals surface area contributed by atoms with E-state index in [0.717, 1.165) is 19.3 Å². The number of benzene rings is 1. The summed E-state index contributed by atoms with van der Waals surface area (Å²) in [5, 5.41) is 0.627. The van der Waals surface area contributed by atoms with E-state index < -0.39 is 0 Å². The van der Waals surface area contributed by atoms with Crippen molar-refractivity contribution < 1.29 is 4.79 Å². The highest BCUT2D eigenvalue weighted by molar-refractivity contribution is 6.30. The van der Waals surface area contributed by atoms with Crippen LogP contribution in [0.4, 0.5) is 0 Å². The van der Waals surface area contributed by atoms with Gasteiger partial charge >= 0.3 is 0 Å². The number of carbonyl (C=O) groups is 1. The van der Waals surface area contributed by atoms with Gasteiger partial charge < -0.3 is 9.97 Å². The van der Waals surface area contributed by atoms with Gasteiger partial charge in [-0.05, 0) is 37.1 Å². The van der Waals surface area contributed by atoms with E-state index in [4.69, 9.17) is 11.6 Å². The molecule has 0 aliphatic carbocycles. The Bertz CT molecular complexity index is 899. The Balaban J connectivity index is 1.45. The molecule has 2 aromatic heterocycles. The van der Waals surface area contributed by atoms with Crippen molar-refractivity contribution in [2.24, 2.45) is 0 Å². The first-order valence-electron chi connectivity index (χ1n) is 7.84. The highest BCUT2D eigenvalue weighted by atomic mass is 35.5. The van der Waals surface area contributed by atoms with Crippen LogP contribution in [-0.4, -0.2) is 25.7 Å². The van der Waals surface area contributed by atoms with Crippen molar-refractivity contribution >= 4 is 28.5 Å². The number of hydrogen-bond donors (Lipinski definition) is 2. The van der Waals surface area contributed by atoms with Crippen molar-refractivity contribution in [1.29, 1.82) is 0 Å². The molecule has 0 saturated heterocycles. The standard InChI is InChI=1S/C17H17ClN4O2/c18-12-8-6-11(7-9-12)13(23)4-2-1-3-5-14-21-16-15(17(24)22-14)19-10-20-16/h6-10H,1-5H2,(H2,19,20,21,22,24). The molecule has 0 bridgehead atoms. The number of aromatic nitrogens is 4. The lowest BCUT2D eigenvalue weighted by Gasteiger charge is -2.03. The molecule has 0 unspecified atom stereocenters. The quantitative estimate of drug-likeness (QED) is 0.508. The monoisotopic (exact) mass is 344 g/mol. The van der Waals surface area contributed by atoms with Gasteiger partial charge in [-0.15, -0.1) is 0 Å². The SMILES string of the molecule is O=C(CCCCCc1nc2nc[nH]c2c(=O)[nH]1)c1ccc(Cl)cc1. The first-order valence-corrected chi connectivity index (χ1v) is 8.22. The van der Waals surface area contributed by atoms with Crippen molar-refractivity contribution in [3.8, 4) is 0 Å². The van der Waals surface area contributed by atoms with Crippen molar-refractivity contribution in [1.82, 2.24) is 19.9 Å². The van der Waals surface area contributed by atoms with Crippen LogP contribution in [0.1, 0.15) is 41.9 Å². The zero-order valence-corrected chi connectivity index (χ0v) is 13.8. The number of hydrogen-bond acceptors (Lipinski definition) is 4. The zero-order valence-electron chi connectivity index (χ0n) is 13.0. The smallest absolute Gasteiger partial charge is 0.276 e. The number of Topliss-reactive ketones (excluding diaryl/α,β-unsaturated/α-hetero) is 1. The predicted octanol–water partition coefficient (Wildman–Crippen LogP) is 3.29. The second kappa shape index (κ2) is 7.40. The number of ketones is 1. The molecule has 0 radical (unpaired) electrons. The normalized spacial score (nSPS) is 11.0. The van der Waals surface area contributed by atoms with Gasteiger partial charge in [-0.25, -0.2) is 9.97 Å². The molecular formula is C17H17ClN4O2. The summed E-state index contributed by atoms with van der Waals surface area (Å²) in [7, 11) is 0. The maximum absolute atomic E-state index is 12.0. The number of nitrogens with zero attached hydrogens (tertiary/aromatic N) is 2. The molecule has 24 heavy (non-hydrogen) atoms. The minimum Gasteiger partial charge on any atom is -0.339 e. The molecule has 2 heterocycles. The first-order chi connectivity index (χ1) is 11.6. The minimum atomic E-state index is -0.203. The molecule has 0 fully saturated rings. The predicted molar refractivity (Wildman–Crippen MR) is 92.5 cm³/mol. The summed E-state index contributed by atoms with van der Waals surface area (Å²) in [4.78, 5) is 37.7. The fourth-order valence-corrected chi connectivity index (χ4v) is 2.67. The first kappa shape index (κ1) is 16.4. The Labute approximate surface area is 143 Å². The number of rotatable bonds is 7. The van der Waals surface area contributed by atoms with Crippen LogP contribution in [0, 0.1) is 0 Å². The number of halogens is 1. The number of unbranched alkanes of at least 4 members (excludes halogenated alkanes) is 2. The third kappa shape index (κ3) is 3.89. The van der Waals surface area contributed by atoms with Gasteiger partial charge in [0, 0.05) is 23.4 Å². The van der Waals surface area contributed by atoms with E-state index in [9.17, 15) is 9.59 Å². The Morgan fingerprint density at radius 1 is 1.12 bits per heavy atom. The van der Waals surface area contributed by atoms with E-state index in [-0.39, 0.29) is 11.3 Å². The van der Waals surface area contributed by atoms with Gasteiger partial charge in [0.15, 0.2) is 16.9 Å². The summed E-state index contributed by atoms with van der Waals surface area (Å²) >= 11 is 5.81. The summed E-state index contributed by atoms with van der Waals surface area (Å²) < 4.78 is 0. The summed E-state index contributed by atoms with van der Waals surface area (Å²) in [6, 6.07) is 6.95. The fraction of sp³-hybridized carbons (Fsp3) is 0.294. The van der Waals surface area contributed by atoms with Gasteiger partial charge in [0.2, 0.25) is 0 Å². The average Bonchev–Trinajstić information content (AvgIpc) is 3.04. The van der Waals surface area contributed by atoms with Crippen LogP contribution in [0.15, 0.2) is 35.4 Å². The fourth-order valence-electron chi connectivity index (χ4n) is 2.54. The summed E-state index contributed by atoms with van der Waals surface area (Å²) in [5.41, 5.74) is 1.32. The number of aromatic amines is 2. The molecule has 0 amide bonds. The van der Waals surface area contributed by atoms with Crippen molar-refractivity contribution in [3.05, 3.63) is 57.4 Å². The topological polar surface area (TPSA) is 91.5 Å². The highest BCUT2D eigenvalue weighted by Gasteiger charge is 2.07. The number of nitrogens with one attached hydrogen (secondary N) is 2. The van der Waals surface area contributed by atoms with Crippen LogP contribution in [0.25, 0.3) is 11.2 Å². The van der Waals surface area contributed by atoms with Gasteiger partial charge in [-0.2, -0.15) is 0 Å². The Hall–Kier alpha value is -2.47. The van der Waals surface area contributed by atoms with E-state index in [2.05, 4.69) is 19.9 Å². The molecule has 0 atom stereocenters. The van der Waals surface area contributed by atoms with E-state index in [1.54, 1.807) is 24.3 Å². The number of aryl methyl sites for hydroxylation is 1. The Kier molecular flexibility index (Phi) is 5.05. The Morgan fingerprint density at radius 3 is 2.71 bits per heavy atom. The van der Waals surface area contributed by atoms with Crippen LogP contribution in [0.3, 0.4) is 0 Å². The van der Waals surface area contributed by atoms with Gasteiger partial charge in [-0.3, -0.25) is 9.59 Å². The summed E-state index contributed by atoms with van der Waals surface area (Å²) in [6.45, 7) is 0. The maximum atomic E-state index is 12.0. The molecule has 3 rings (SSSR count). The van der Waals surface area contributed by atoms with Gasteiger partial charge in [0.1, 0.15) is 5.82 Å². The number of fused-ring (bicyclic) bond motifs is 1. The number of imidazole rings is 1. The molecule has 3 aromatic rings. The van der Waals surface area contributed by atoms with Crippen molar-refractivity contribution in [2.75, 3.05) is 0 Å². The van der Waals surface area contributed by atoms with Gasteiger partial charge in [0.25, 0.3) is 5.56 Å². The molecule has 6 nitrogen and oxygen atoms in total. The second-order valence-corrected chi connectivity index (χ2v) is 6.04. The molecular weight excluding hydrogens is 328 g/mol. The average molecular weight is 345 g/mol. The van der Waals surface area contributed by atoms with Crippen LogP contribution in [0.2, 0.25) is 5.02 Å². The molecule has 0 aliphatic heterocycles. The molecule has 7 heteroatoms. The van der Waals surface area contributed by atoms with Crippen LogP contribution in [-0.2, 0) is 6.42 Å². The van der Waals surface area contributed by atoms with E-state index in [1.807, 2.05) is 0 Å². The summed E-state index contributed by atoms with van der Waals surface area (Å²) in [5.74, 6) is 0.750. The van der Waals surface area contributed by atoms with Gasteiger partial charge in [-0.1, -0.05) is 18.0 Å². The number of carbonyl (C=O) groups excluding carboxylic acids is 1. The second-order valence-electron chi connectivity index (χ2n) is 5.60. The van der Waals surface area contributed by atoms with Crippen LogP contribution < -0.4 is 5.56 Å². The molecule has 0 saturated carbocycles. The van der Waals surface area contributed by atoms with E-state index >= 15 is 0 Å². The van der Waals surface area contributed by atoms with Crippen LogP contribution in [0.5, 0.6) is 0 Å². The lowest BCUT2D eigenvalue weighted by Crippen LogP contribution is -2.12. The van der Waals surface area contributed by atoms with Gasteiger partial charge in [0.05, 0.1) is 6.33 Å². The molecule has 124 valence electrons. The lowest BCUT2D eigenvalue weighted by atomic mass is 10.0. The third-order valence-corrected chi connectivity index (χ3v) is 4.08. The zero-order chi connectivity index (χ0) is 16.9. The highest BCUT2D eigenvalue weighted by Crippen LogP contribution is 2.13. The molecule has 2 N–H and O–H groups in total. The number of H-pyrrole nitrogens is 2. The van der Waals surface area contributed by atoms with Crippen LogP contribution >= 0.6 is 11.6 Å². The lowest BCUT2D eigenvalue weighted by molar-refractivity contribution is 0.0979. The van der Waals surface area contributed by atoms with E-state index in [0.29, 0.717) is 40.4 Å². The Morgan fingerprint density at radius 2 is 1.92 bits per heavy atom. The van der Waals surface area contributed by atoms with Crippen molar-refractivity contribution in [2.45, 2.75) is 32.1 Å². The molecule has 0 aliphatic rings. The van der Waals surface area contributed by atoms with E-state index in [1.165, 1.54) is 6.33 Å².